The third kappa shape index (κ3) is 3.40. The van der Waals surface area contributed by atoms with E-state index in [-0.39, 0.29) is 36.2 Å². The smallest absolute Gasteiger partial charge is 0.226 e. The van der Waals surface area contributed by atoms with Gasteiger partial charge in [-0.3, -0.25) is 9.69 Å². The third-order valence-corrected chi connectivity index (χ3v) is 5.24. The van der Waals surface area contributed by atoms with Crippen molar-refractivity contribution in [2.24, 2.45) is 5.92 Å². The second kappa shape index (κ2) is 6.97. The standard InChI is InChI=1S/C18H25FN2O2/c1-2-13(12-22)20-7-9-21(10-8-20)18(23)16-11-15(16)14-5-3-4-6-17(14)19/h3-6,13,15-16,22H,2,7-12H2,1H3. The van der Waals surface area contributed by atoms with E-state index >= 15 is 0 Å². The average Bonchev–Trinajstić information content (AvgIpc) is 3.37. The van der Waals surface area contributed by atoms with E-state index in [0.29, 0.717) is 18.7 Å². The molecule has 1 heterocycles. The number of hydrogen-bond acceptors (Lipinski definition) is 3. The topological polar surface area (TPSA) is 43.8 Å². The van der Waals surface area contributed by atoms with Crippen LogP contribution in [0.2, 0.25) is 0 Å². The highest BCUT2D eigenvalue weighted by molar-refractivity contribution is 5.83. The van der Waals surface area contributed by atoms with Crippen LogP contribution in [0.25, 0.3) is 0 Å². The largest absolute Gasteiger partial charge is 0.395 e. The Bertz CT molecular complexity index is 554. The molecular weight excluding hydrogens is 295 g/mol. The quantitative estimate of drug-likeness (QED) is 0.900. The Balaban J connectivity index is 1.54. The lowest BCUT2D eigenvalue weighted by Gasteiger charge is -2.38. The molecule has 126 valence electrons. The van der Waals surface area contributed by atoms with Gasteiger partial charge in [0.1, 0.15) is 5.82 Å². The van der Waals surface area contributed by atoms with E-state index in [0.717, 1.165) is 25.9 Å². The molecule has 23 heavy (non-hydrogen) atoms. The molecule has 1 aromatic carbocycles. The normalized spacial score (nSPS) is 26.1. The minimum Gasteiger partial charge on any atom is -0.395 e. The number of rotatable bonds is 5. The molecule has 5 heteroatoms. The lowest BCUT2D eigenvalue weighted by Crippen LogP contribution is -2.53. The fraction of sp³-hybridized carbons (Fsp3) is 0.611. The first-order valence-electron chi connectivity index (χ1n) is 8.53. The molecule has 1 aromatic rings. The highest BCUT2D eigenvalue weighted by Crippen LogP contribution is 2.49. The molecule has 1 N–H and O–H groups in total. The van der Waals surface area contributed by atoms with Crippen molar-refractivity contribution in [3.05, 3.63) is 35.6 Å². The van der Waals surface area contributed by atoms with Crippen molar-refractivity contribution in [3.63, 3.8) is 0 Å². The first-order valence-corrected chi connectivity index (χ1v) is 8.53. The molecule has 2 fully saturated rings. The van der Waals surface area contributed by atoms with E-state index in [9.17, 15) is 14.3 Å². The fourth-order valence-electron chi connectivity index (χ4n) is 3.63. The van der Waals surface area contributed by atoms with Crippen LogP contribution in [-0.2, 0) is 4.79 Å². The number of aliphatic hydroxyl groups excluding tert-OH is 1. The average molecular weight is 320 g/mol. The Morgan fingerprint density at radius 1 is 1.30 bits per heavy atom. The Labute approximate surface area is 136 Å². The summed E-state index contributed by atoms with van der Waals surface area (Å²) in [5.74, 6) is -0.0536. The molecule has 1 aliphatic carbocycles. The minimum absolute atomic E-state index is 0.0440. The number of piperazine rings is 1. The van der Waals surface area contributed by atoms with Gasteiger partial charge >= 0.3 is 0 Å². The lowest BCUT2D eigenvalue weighted by molar-refractivity contribution is -0.134. The van der Waals surface area contributed by atoms with Crippen LogP contribution in [0.1, 0.15) is 31.2 Å². The summed E-state index contributed by atoms with van der Waals surface area (Å²) in [4.78, 5) is 16.8. The van der Waals surface area contributed by atoms with Gasteiger partial charge in [-0.15, -0.1) is 0 Å². The molecule has 0 radical (unpaired) electrons. The Kier molecular flexibility index (Phi) is 4.97. The molecule has 2 aliphatic rings. The van der Waals surface area contributed by atoms with Crippen molar-refractivity contribution in [1.82, 2.24) is 9.80 Å². The van der Waals surface area contributed by atoms with Gasteiger partial charge < -0.3 is 10.0 Å². The fourth-order valence-corrected chi connectivity index (χ4v) is 3.63. The Morgan fingerprint density at radius 2 is 2.00 bits per heavy atom. The molecule has 1 amide bonds. The van der Waals surface area contributed by atoms with E-state index in [1.54, 1.807) is 12.1 Å². The van der Waals surface area contributed by atoms with Gasteiger partial charge in [-0.1, -0.05) is 25.1 Å². The summed E-state index contributed by atoms with van der Waals surface area (Å²) >= 11 is 0. The summed E-state index contributed by atoms with van der Waals surface area (Å²) in [5.41, 5.74) is 0.677. The van der Waals surface area contributed by atoms with Crippen LogP contribution < -0.4 is 0 Å². The highest BCUT2D eigenvalue weighted by Gasteiger charge is 2.47. The minimum atomic E-state index is -0.202. The predicted octanol–water partition coefficient (Wildman–Crippen LogP) is 1.84. The summed E-state index contributed by atoms with van der Waals surface area (Å²) in [5, 5.41) is 9.38. The third-order valence-electron chi connectivity index (χ3n) is 5.24. The van der Waals surface area contributed by atoms with Crippen LogP contribution in [-0.4, -0.2) is 59.6 Å². The number of halogens is 1. The number of carbonyl (C=O) groups excluding carboxylic acids is 1. The highest BCUT2D eigenvalue weighted by atomic mass is 19.1. The summed E-state index contributed by atoms with van der Waals surface area (Å²) < 4.78 is 13.8. The van der Waals surface area contributed by atoms with Crippen molar-refractivity contribution in [1.29, 1.82) is 0 Å². The van der Waals surface area contributed by atoms with Crippen LogP contribution in [0.4, 0.5) is 4.39 Å². The second-order valence-electron chi connectivity index (χ2n) is 6.58. The first-order chi connectivity index (χ1) is 11.2. The molecule has 4 nitrogen and oxygen atoms in total. The van der Waals surface area contributed by atoms with Crippen molar-refractivity contribution in [2.75, 3.05) is 32.8 Å². The monoisotopic (exact) mass is 320 g/mol. The van der Waals surface area contributed by atoms with Crippen LogP contribution in [0, 0.1) is 11.7 Å². The van der Waals surface area contributed by atoms with Gasteiger partial charge in [0, 0.05) is 38.1 Å². The number of benzene rings is 1. The van der Waals surface area contributed by atoms with E-state index in [2.05, 4.69) is 11.8 Å². The maximum Gasteiger partial charge on any atom is 0.226 e. The van der Waals surface area contributed by atoms with Gasteiger partial charge in [-0.25, -0.2) is 4.39 Å². The SMILES string of the molecule is CCC(CO)N1CCN(C(=O)C2CC2c2ccccc2F)CC1. The summed E-state index contributed by atoms with van der Waals surface area (Å²) in [6.07, 6.45) is 1.68. The summed E-state index contributed by atoms with van der Waals surface area (Å²) in [6, 6.07) is 6.96. The number of aliphatic hydroxyl groups is 1. The molecule has 3 unspecified atom stereocenters. The van der Waals surface area contributed by atoms with Gasteiger partial charge in [-0.2, -0.15) is 0 Å². The van der Waals surface area contributed by atoms with Crippen LogP contribution in [0.3, 0.4) is 0 Å². The molecule has 3 rings (SSSR count). The van der Waals surface area contributed by atoms with Gasteiger partial charge in [0.15, 0.2) is 0 Å². The van der Waals surface area contributed by atoms with Crippen molar-refractivity contribution in [2.45, 2.75) is 31.7 Å². The number of carbonyl (C=O) groups is 1. The zero-order chi connectivity index (χ0) is 16.4. The van der Waals surface area contributed by atoms with Crippen LogP contribution in [0.5, 0.6) is 0 Å². The number of amides is 1. The van der Waals surface area contributed by atoms with E-state index in [4.69, 9.17) is 0 Å². The number of hydrogen-bond donors (Lipinski definition) is 1. The molecule has 3 atom stereocenters. The lowest BCUT2D eigenvalue weighted by atomic mass is 10.1. The number of nitrogens with zero attached hydrogens (tertiary/aromatic N) is 2. The molecule has 1 saturated carbocycles. The Hall–Kier alpha value is -1.46. The first kappa shape index (κ1) is 16.4. The molecule has 1 saturated heterocycles. The molecule has 0 spiro atoms. The van der Waals surface area contributed by atoms with Crippen molar-refractivity contribution in [3.8, 4) is 0 Å². The van der Waals surface area contributed by atoms with Gasteiger partial charge in [0.05, 0.1) is 6.61 Å². The van der Waals surface area contributed by atoms with Crippen LogP contribution in [0.15, 0.2) is 24.3 Å². The van der Waals surface area contributed by atoms with Crippen molar-refractivity contribution >= 4 is 5.91 Å². The Morgan fingerprint density at radius 3 is 2.61 bits per heavy atom. The maximum absolute atomic E-state index is 13.8. The van der Waals surface area contributed by atoms with Gasteiger partial charge in [0.25, 0.3) is 0 Å². The zero-order valence-electron chi connectivity index (χ0n) is 13.6. The van der Waals surface area contributed by atoms with E-state index in [1.807, 2.05) is 11.0 Å². The molecule has 0 bridgehead atoms. The summed E-state index contributed by atoms with van der Waals surface area (Å²) in [6.45, 7) is 5.26. The molecule has 0 aromatic heterocycles. The van der Waals surface area contributed by atoms with E-state index in [1.165, 1.54) is 6.07 Å². The molecular formula is C18H25FN2O2. The van der Waals surface area contributed by atoms with E-state index < -0.39 is 0 Å². The van der Waals surface area contributed by atoms with Gasteiger partial charge in [-0.05, 0) is 30.4 Å². The second-order valence-corrected chi connectivity index (χ2v) is 6.58. The van der Waals surface area contributed by atoms with Crippen LogP contribution >= 0.6 is 0 Å². The molecule has 1 aliphatic heterocycles. The zero-order valence-corrected chi connectivity index (χ0v) is 13.6. The predicted molar refractivity (Wildman–Crippen MR) is 86.6 cm³/mol. The maximum atomic E-state index is 13.8. The van der Waals surface area contributed by atoms with Crippen molar-refractivity contribution < 1.29 is 14.3 Å². The summed E-state index contributed by atoms with van der Waals surface area (Å²) in [7, 11) is 0. The van der Waals surface area contributed by atoms with Gasteiger partial charge in [0.2, 0.25) is 5.91 Å².